The molecule has 1 atom stereocenters. The number of aromatic nitrogens is 4. The number of halogens is 2. The van der Waals surface area contributed by atoms with Crippen LogP contribution in [0.5, 0.6) is 5.75 Å². The molecule has 0 radical (unpaired) electrons. The first-order valence-corrected chi connectivity index (χ1v) is 15.5. The summed E-state index contributed by atoms with van der Waals surface area (Å²) < 4.78 is 44.1. The van der Waals surface area contributed by atoms with E-state index in [1.54, 1.807) is 11.1 Å². The summed E-state index contributed by atoms with van der Waals surface area (Å²) in [7, 11) is 1.51. The predicted octanol–water partition coefficient (Wildman–Crippen LogP) is 5.52. The van der Waals surface area contributed by atoms with Crippen molar-refractivity contribution in [2.75, 3.05) is 26.9 Å². The number of amides is 2. The van der Waals surface area contributed by atoms with Crippen LogP contribution in [0, 0.1) is 11.6 Å². The van der Waals surface area contributed by atoms with Gasteiger partial charge in [0.15, 0.2) is 0 Å². The van der Waals surface area contributed by atoms with Crippen molar-refractivity contribution >= 4 is 33.2 Å². The Labute approximate surface area is 266 Å². The molecule has 1 N–H and O–H groups in total. The van der Waals surface area contributed by atoms with E-state index in [1.807, 2.05) is 35.2 Å². The van der Waals surface area contributed by atoms with Crippen LogP contribution in [0.2, 0.25) is 0 Å². The number of thiophene rings is 1. The number of nitrogens with one attached hydrogen (secondary N) is 1. The van der Waals surface area contributed by atoms with Crippen LogP contribution in [0.1, 0.15) is 34.7 Å². The minimum Gasteiger partial charge on any atom is -0.490 e. The highest BCUT2D eigenvalue weighted by molar-refractivity contribution is 7.18. The van der Waals surface area contributed by atoms with Gasteiger partial charge >= 0.3 is 0 Å². The molecule has 0 aliphatic carbocycles. The maximum atomic E-state index is 16.0. The normalized spacial score (nSPS) is 15.5. The Kier molecular flexibility index (Phi) is 7.57. The smallest absolute Gasteiger partial charge is 0.270 e. The van der Waals surface area contributed by atoms with E-state index in [2.05, 4.69) is 16.9 Å². The molecular formula is C33H28F2N6O4S. The Balaban J connectivity index is 1.49. The van der Waals surface area contributed by atoms with Crippen molar-refractivity contribution in [3.8, 4) is 39.5 Å². The van der Waals surface area contributed by atoms with E-state index in [0.717, 1.165) is 28.8 Å². The Morgan fingerprint density at radius 3 is 2.80 bits per heavy atom. The first-order chi connectivity index (χ1) is 22.3. The second-order valence-electron chi connectivity index (χ2n) is 11.0. The van der Waals surface area contributed by atoms with Gasteiger partial charge in [-0.2, -0.15) is 5.10 Å². The molecular weight excluding hydrogens is 614 g/mol. The number of rotatable bonds is 8. The molecule has 2 amide bonds. The van der Waals surface area contributed by atoms with Gasteiger partial charge in [0.1, 0.15) is 41.1 Å². The number of benzene rings is 1. The van der Waals surface area contributed by atoms with Crippen molar-refractivity contribution in [1.29, 1.82) is 0 Å². The molecule has 0 unspecified atom stereocenters. The second-order valence-corrected chi connectivity index (χ2v) is 11.9. The molecule has 6 heterocycles. The summed E-state index contributed by atoms with van der Waals surface area (Å²) in [6.07, 6.45) is 2.89. The SMILES string of the molecule is C=CC(=O)N1CCn2nc(-c3nc(-c4cnc5c(c4)CNC5=O)c4ccsc4c3-c3c(F)cc(F)cc3OCCOC)cc2[C@@H]1C. The molecule has 10 nitrogen and oxygen atoms in total. The topological polar surface area (TPSA) is 111 Å². The average Bonchev–Trinajstić information content (AvgIpc) is 3.79. The zero-order chi connectivity index (χ0) is 32.1. The van der Waals surface area contributed by atoms with Gasteiger partial charge in [-0.1, -0.05) is 6.58 Å². The Bertz CT molecular complexity index is 2060. The van der Waals surface area contributed by atoms with Gasteiger partial charge in [0.05, 0.1) is 36.1 Å². The molecule has 2 aliphatic heterocycles. The van der Waals surface area contributed by atoms with Gasteiger partial charge in [-0.25, -0.2) is 13.8 Å². The third-order valence-corrected chi connectivity index (χ3v) is 9.21. The van der Waals surface area contributed by atoms with E-state index in [4.69, 9.17) is 19.6 Å². The van der Waals surface area contributed by atoms with Gasteiger partial charge in [0.2, 0.25) is 5.91 Å². The van der Waals surface area contributed by atoms with Crippen molar-refractivity contribution in [3.63, 3.8) is 0 Å². The molecule has 0 bridgehead atoms. The third-order valence-electron chi connectivity index (χ3n) is 8.28. The molecule has 234 valence electrons. The summed E-state index contributed by atoms with van der Waals surface area (Å²) in [5.74, 6) is -2.02. The van der Waals surface area contributed by atoms with Gasteiger partial charge in [-0.3, -0.25) is 19.3 Å². The Morgan fingerprint density at radius 2 is 2.00 bits per heavy atom. The number of methoxy groups -OCH3 is 1. The molecule has 46 heavy (non-hydrogen) atoms. The zero-order valence-electron chi connectivity index (χ0n) is 25.0. The molecule has 0 fully saturated rings. The largest absolute Gasteiger partial charge is 0.490 e. The predicted molar refractivity (Wildman–Crippen MR) is 168 cm³/mol. The summed E-state index contributed by atoms with van der Waals surface area (Å²) in [6.45, 7) is 7.04. The van der Waals surface area contributed by atoms with Crippen LogP contribution >= 0.6 is 11.3 Å². The van der Waals surface area contributed by atoms with Crippen molar-refractivity contribution in [2.24, 2.45) is 0 Å². The molecule has 1 aromatic carbocycles. The lowest BCUT2D eigenvalue weighted by molar-refractivity contribution is -0.129. The van der Waals surface area contributed by atoms with Crippen LogP contribution in [-0.2, 0) is 22.6 Å². The van der Waals surface area contributed by atoms with Crippen molar-refractivity contribution in [1.82, 2.24) is 30.0 Å². The van der Waals surface area contributed by atoms with E-state index < -0.39 is 11.6 Å². The first-order valence-electron chi connectivity index (χ1n) is 14.6. The number of hydrogen-bond acceptors (Lipinski definition) is 8. The van der Waals surface area contributed by atoms with Crippen molar-refractivity contribution < 1.29 is 27.8 Å². The van der Waals surface area contributed by atoms with Crippen LogP contribution < -0.4 is 10.1 Å². The van der Waals surface area contributed by atoms with Gasteiger partial charge < -0.3 is 19.7 Å². The minimum atomic E-state index is -0.818. The van der Waals surface area contributed by atoms with Crippen LogP contribution in [0.25, 0.3) is 43.9 Å². The summed E-state index contributed by atoms with van der Waals surface area (Å²) in [5, 5.41) is 10.3. The van der Waals surface area contributed by atoms with Crippen molar-refractivity contribution in [2.45, 2.75) is 26.1 Å². The van der Waals surface area contributed by atoms with Gasteiger partial charge in [0, 0.05) is 65.3 Å². The zero-order valence-corrected chi connectivity index (χ0v) is 25.8. The lowest BCUT2D eigenvalue weighted by Gasteiger charge is -2.33. The van der Waals surface area contributed by atoms with Gasteiger partial charge in [-0.05, 0) is 36.6 Å². The molecule has 5 aromatic rings. The van der Waals surface area contributed by atoms with E-state index in [9.17, 15) is 14.0 Å². The number of hydrogen-bond donors (Lipinski definition) is 1. The highest BCUT2D eigenvalue weighted by Crippen LogP contribution is 2.47. The van der Waals surface area contributed by atoms with Crippen LogP contribution in [-0.4, -0.2) is 63.3 Å². The summed E-state index contributed by atoms with van der Waals surface area (Å²) >= 11 is 1.38. The summed E-state index contributed by atoms with van der Waals surface area (Å²) in [5.41, 5.74) is 4.35. The molecule has 0 saturated heterocycles. The number of fused-ring (bicyclic) bond motifs is 3. The Morgan fingerprint density at radius 1 is 1.15 bits per heavy atom. The summed E-state index contributed by atoms with van der Waals surface area (Å²) in [4.78, 5) is 36.0. The summed E-state index contributed by atoms with van der Waals surface area (Å²) in [6, 6.07) is 7.27. The second kappa shape index (κ2) is 11.7. The van der Waals surface area contributed by atoms with E-state index >= 15 is 4.39 Å². The van der Waals surface area contributed by atoms with Crippen LogP contribution in [0.3, 0.4) is 0 Å². The van der Waals surface area contributed by atoms with Gasteiger partial charge in [-0.15, -0.1) is 11.3 Å². The molecule has 2 aliphatic rings. The highest BCUT2D eigenvalue weighted by Gasteiger charge is 2.32. The molecule has 13 heteroatoms. The number of carbonyl (C=O) groups is 2. The van der Waals surface area contributed by atoms with Crippen LogP contribution in [0.15, 0.2) is 54.6 Å². The third kappa shape index (κ3) is 4.92. The number of carbonyl (C=O) groups excluding carboxylic acids is 2. The number of ether oxygens (including phenoxy) is 2. The number of nitrogens with zero attached hydrogens (tertiary/aromatic N) is 5. The van der Waals surface area contributed by atoms with E-state index in [-0.39, 0.29) is 42.4 Å². The fourth-order valence-corrected chi connectivity index (χ4v) is 7.03. The van der Waals surface area contributed by atoms with E-state index in [0.29, 0.717) is 58.2 Å². The standard InChI is InChI=1S/C33H28F2N6O4S/c1-4-26(42)40-6-7-41-24(17(40)2)14-23(39-41)31-28(27-22(35)12-20(34)13-25(27)45-9-8-44-3)32-21(5-10-46-32)29(38-31)18-11-19-16-37-33(43)30(19)36-15-18/h4-5,10-15,17H,1,6-9,16H2,2-3H3,(H,37,43)/t17-/m0/s1. The quantitative estimate of drug-likeness (QED) is 0.175. The molecule has 7 rings (SSSR count). The monoisotopic (exact) mass is 642 g/mol. The molecule has 0 spiro atoms. The fraction of sp³-hybridized carbons (Fsp3) is 0.242. The fourth-order valence-electron chi connectivity index (χ4n) is 6.08. The van der Waals surface area contributed by atoms with Crippen LogP contribution in [0.4, 0.5) is 8.78 Å². The maximum absolute atomic E-state index is 16.0. The highest BCUT2D eigenvalue weighted by atomic mass is 32.1. The van der Waals surface area contributed by atoms with E-state index in [1.165, 1.54) is 24.5 Å². The lowest BCUT2D eigenvalue weighted by Crippen LogP contribution is -2.40. The van der Waals surface area contributed by atoms with Gasteiger partial charge in [0.25, 0.3) is 5.91 Å². The average molecular weight is 643 g/mol. The molecule has 4 aromatic heterocycles. The number of pyridine rings is 2. The first kappa shape index (κ1) is 29.7. The minimum absolute atomic E-state index is 0.00364. The Hall–Kier alpha value is -5.01. The molecule has 0 saturated carbocycles. The van der Waals surface area contributed by atoms with Crippen molar-refractivity contribution in [3.05, 3.63) is 83.1 Å². The maximum Gasteiger partial charge on any atom is 0.270 e. The lowest BCUT2D eigenvalue weighted by atomic mass is 9.96.